The molecule has 2 aromatic carbocycles. The fourth-order valence-electron chi connectivity index (χ4n) is 3.99. The molecule has 2 N–H and O–H groups in total. The highest BCUT2D eigenvalue weighted by molar-refractivity contribution is 5.85. The first-order valence-electron chi connectivity index (χ1n) is 10.6. The molecule has 0 heterocycles. The minimum absolute atomic E-state index is 0.261. The molecule has 0 bridgehead atoms. The van der Waals surface area contributed by atoms with Gasteiger partial charge >= 0.3 is 6.18 Å². The van der Waals surface area contributed by atoms with Crippen molar-refractivity contribution in [1.29, 1.82) is 0 Å². The number of amides is 1. The molecule has 1 atom stereocenters. The molecule has 3 rings (SSSR count). The third-order valence-electron chi connectivity index (χ3n) is 6.00. The number of hydrogen-bond donors (Lipinski definition) is 2. The topological polar surface area (TPSA) is 52.6 Å². The molecule has 0 spiro atoms. The van der Waals surface area contributed by atoms with E-state index in [1.54, 1.807) is 0 Å². The SMILES string of the molecule is CC(O)(C(=O)NC1CCC(N(Cc2ccccc2)Cc2ccccc2)CC1)C(F)(F)F. The minimum atomic E-state index is -5.00. The summed E-state index contributed by atoms with van der Waals surface area (Å²) in [6.07, 6.45) is -2.33. The van der Waals surface area contributed by atoms with Crippen molar-refractivity contribution < 1.29 is 23.1 Å². The molecule has 2 aromatic rings. The van der Waals surface area contributed by atoms with Gasteiger partial charge in [0.05, 0.1) is 0 Å². The Labute approximate surface area is 181 Å². The van der Waals surface area contributed by atoms with Crippen LogP contribution in [0.4, 0.5) is 13.2 Å². The number of aliphatic hydroxyl groups is 1. The number of alkyl halides is 3. The average Bonchev–Trinajstić information content (AvgIpc) is 2.74. The predicted molar refractivity (Wildman–Crippen MR) is 113 cm³/mol. The van der Waals surface area contributed by atoms with E-state index in [1.807, 2.05) is 36.4 Å². The summed E-state index contributed by atoms with van der Waals surface area (Å²) >= 11 is 0. The molecule has 4 nitrogen and oxygen atoms in total. The first kappa shape index (κ1) is 23.3. The van der Waals surface area contributed by atoms with Gasteiger partial charge in [-0.1, -0.05) is 60.7 Å². The zero-order valence-corrected chi connectivity index (χ0v) is 17.6. The van der Waals surface area contributed by atoms with Gasteiger partial charge in [0, 0.05) is 25.2 Å². The molecule has 1 unspecified atom stereocenters. The lowest BCUT2D eigenvalue weighted by Crippen LogP contribution is -2.57. The smallest absolute Gasteiger partial charge is 0.373 e. The van der Waals surface area contributed by atoms with Crippen LogP contribution in [-0.2, 0) is 17.9 Å². The number of nitrogens with zero attached hydrogens (tertiary/aromatic N) is 1. The molecule has 7 heteroatoms. The summed E-state index contributed by atoms with van der Waals surface area (Å²) in [5, 5.41) is 12.0. The van der Waals surface area contributed by atoms with Gasteiger partial charge in [0.1, 0.15) is 0 Å². The highest BCUT2D eigenvalue weighted by Gasteiger charge is 2.56. The zero-order chi connectivity index (χ0) is 22.5. The maximum Gasteiger partial charge on any atom is 0.426 e. The van der Waals surface area contributed by atoms with Crippen LogP contribution in [0.3, 0.4) is 0 Å². The average molecular weight is 435 g/mol. The summed E-state index contributed by atoms with van der Waals surface area (Å²) in [6, 6.07) is 20.2. The van der Waals surface area contributed by atoms with Gasteiger partial charge in [-0.2, -0.15) is 13.2 Å². The molecule has 31 heavy (non-hydrogen) atoms. The number of nitrogens with one attached hydrogen (secondary N) is 1. The second-order valence-electron chi connectivity index (χ2n) is 8.43. The van der Waals surface area contributed by atoms with E-state index >= 15 is 0 Å². The van der Waals surface area contributed by atoms with E-state index in [0.29, 0.717) is 19.8 Å². The number of benzene rings is 2. The summed E-state index contributed by atoms with van der Waals surface area (Å²) in [5.41, 5.74) is -0.971. The minimum Gasteiger partial charge on any atom is -0.373 e. The Morgan fingerprint density at radius 2 is 1.39 bits per heavy atom. The number of carbonyl (C=O) groups excluding carboxylic acids is 1. The first-order valence-corrected chi connectivity index (χ1v) is 10.6. The lowest BCUT2D eigenvalue weighted by molar-refractivity contribution is -0.245. The van der Waals surface area contributed by atoms with E-state index in [1.165, 1.54) is 11.1 Å². The fourth-order valence-corrected chi connectivity index (χ4v) is 3.99. The summed E-state index contributed by atoms with van der Waals surface area (Å²) in [5.74, 6) is -1.38. The fraction of sp³-hybridized carbons (Fsp3) is 0.458. The van der Waals surface area contributed by atoms with Crippen LogP contribution in [0.25, 0.3) is 0 Å². The largest absolute Gasteiger partial charge is 0.426 e. The number of rotatable bonds is 7. The van der Waals surface area contributed by atoms with Crippen molar-refractivity contribution in [1.82, 2.24) is 10.2 Å². The third kappa shape index (κ3) is 6.08. The van der Waals surface area contributed by atoms with Crippen LogP contribution in [0.15, 0.2) is 60.7 Å². The van der Waals surface area contributed by atoms with Crippen molar-refractivity contribution >= 4 is 5.91 Å². The van der Waals surface area contributed by atoms with Crippen molar-refractivity contribution in [3.05, 3.63) is 71.8 Å². The maximum atomic E-state index is 12.9. The van der Waals surface area contributed by atoms with Crippen molar-refractivity contribution in [2.75, 3.05) is 0 Å². The van der Waals surface area contributed by atoms with Crippen molar-refractivity contribution in [2.45, 2.75) is 69.6 Å². The summed E-state index contributed by atoms with van der Waals surface area (Å²) in [6.45, 7) is 2.05. The van der Waals surface area contributed by atoms with E-state index in [4.69, 9.17) is 0 Å². The second kappa shape index (κ2) is 9.83. The molecular formula is C24H29F3N2O2. The molecule has 0 aliphatic heterocycles. The van der Waals surface area contributed by atoms with Crippen LogP contribution in [0.1, 0.15) is 43.7 Å². The van der Waals surface area contributed by atoms with Gasteiger partial charge < -0.3 is 10.4 Å². The van der Waals surface area contributed by atoms with Gasteiger partial charge in [-0.15, -0.1) is 0 Å². The lowest BCUT2D eigenvalue weighted by atomic mass is 9.89. The molecule has 1 saturated carbocycles. The third-order valence-corrected chi connectivity index (χ3v) is 6.00. The highest BCUT2D eigenvalue weighted by Crippen LogP contribution is 2.31. The normalized spacial score (nSPS) is 21.5. The van der Waals surface area contributed by atoms with E-state index in [2.05, 4.69) is 34.5 Å². The van der Waals surface area contributed by atoms with Gasteiger partial charge in [0.15, 0.2) is 0 Å². The van der Waals surface area contributed by atoms with Crippen LogP contribution >= 0.6 is 0 Å². The van der Waals surface area contributed by atoms with Crippen LogP contribution in [0.5, 0.6) is 0 Å². The molecule has 0 aromatic heterocycles. The van der Waals surface area contributed by atoms with Crippen molar-refractivity contribution in [3.8, 4) is 0 Å². The standard InChI is InChI=1S/C24H29F3N2O2/c1-23(31,24(25,26)27)22(30)28-20-12-14-21(15-13-20)29(16-18-8-4-2-5-9-18)17-19-10-6-3-7-11-19/h2-11,20-21,31H,12-17H2,1H3,(H,28,30). The molecule has 168 valence electrons. The van der Waals surface area contributed by atoms with Gasteiger partial charge in [-0.05, 0) is 43.7 Å². The Balaban J connectivity index is 1.62. The molecule has 1 aliphatic rings. The first-order chi connectivity index (χ1) is 14.7. The van der Waals surface area contributed by atoms with Crippen molar-refractivity contribution in [3.63, 3.8) is 0 Å². The van der Waals surface area contributed by atoms with Gasteiger partial charge in [0.2, 0.25) is 5.60 Å². The van der Waals surface area contributed by atoms with E-state index in [-0.39, 0.29) is 12.1 Å². The second-order valence-corrected chi connectivity index (χ2v) is 8.43. The van der Waals surface area contributed by atoms with Crippen LogP contribution in [0, 0.1) is 0 Å². The summed E-state index contributed by atoms with van der Waals surface area (Å²) < 4.78 is 38.7. The van der Waals surface area contributed by atoms with Gasteiger partial charge in [-0.3, -0.25) is 9.69 Å². The molecule has 0 radical (unpaired) electrons. The Bertz CT molecular complexity index is 791. The Kier molecular flexibility index (Phi) is 7.38. The Hall–Kier alpha value is -2.38. The summed E-state index contributed by atoms with van der Waals surface area (Å²) in [7, 11) is 0. The van der Waals surface area contributed by atoms with Crippen LogP contribution < -0.4 is 5.32 Å². The quantitative estimate of drug-likeness (QED) is 0.678. The predicted octanol–water partition coefficient (Wildman–Crippen LogP) is 4.43. The molecule has 1 fully saturated rings. The van der Waals surface area contributed by atoms with Gasteiger partial charge in [0.25, 0.3) is 5.91 Å². The highest BCUT2D eigenvalue weighted by atomic mass is 19.4. The molecule has 0 saturated heterocycles. The van der Waals surface area contributed by atoms with E-state index in [0.717, 1.165) is 25.9 Å². The number of hydrogen-bond acceptors (Lipinski definition) is 3. The zero-order valence-electron chi connectivity index (χ0n) is 17.6. The molecular weight excluding hydrogens is 405 g/mol. The van der Waals surface area contributed by atoms with Crippen LogP contribution in [-0.4, -0.2) is 39.8 Å². The number of carbonyl (C=O) groups is 1. The monoisotopic (exact) mass is 434 g/mol. The number of halogens is 3. The Morgan fingerprint density at radius 3 is 1.81 bits per heavy atom. The molecule has 1 amide bonds. The molecule has 1 aliphatic carbocycles. The lowest BCUT2D eigenvalue weighted by Gasteiger charge is -2.38. The maximum absolute atomic E-state index is 12.9. The van der Waals surface area contributed by atoms with Gasteiger partial charge in [-0.25, -0.2) is 0 Å². The summed E-state index contributed by atoms with van der Waals surface area (Å²) in [4.78, 5) is 14.4. The van der Waals surface area contributed by atoms with E-state index < -0.39 is 17.7 Å². The van der Waals surface area contributed by atoms with Crippen molar-refractivity contribution in [2.24, 2.45) is 0 Å². The Morgan fingerprint density at radius 1 is 0.935 bits per heavy atom. The van der Waals surface area contributed by atoms with E-state index in [9.17, 15) is 23.1 Å². The van der Waals surface area contributed by atoms with Crippen LogP contribution in [0.2, 0.25) is 0 Å².